The maximum atomic E-state index is 12.2. The molecule has 0 aromatic carbocycles. The van der Waals surface area contributed by atoms with E-state index in [2.05, 4.69) is 10.3 Å². The van der Waals surface area contributed by atoms with Crippen LogP contribution in [0, 0.1) is 5.92 Å². The van der Waals surface area contributed by atoms with Gasteiger partial charge in [-0.1, -0.05) is 13.8 Å². The molecule has 7 nitrogen and oxygen atoms in total. The molecule has 0 spiro atoms. The van der Waals surface area contributed by atoms with Crippen molar-refractivity contribution in [3.8, 4) is 0 Å². The first-order valence-corrected chi connectivity index (χ1v) is 8.60. The minimum Gasteiger partial charge on any atom is -0.467 e. The van der Waals surface area contributed by atoms with Crippen LogP contribution in [0.15, 0.2) is 22.6 Å². The van der Waals surface area contributed by atoms with Crippen LogP contribution in [0.25, 0.3) is 10.2 Å². The van der Waals surface area contributed by atoms with Gasteiger partial charge in [0, 0.05) is 13.0 Å². The Bertz CT molecular complexity index is 781. The predicted octanol–water partition coefficient (Wildman–Crippen LogP) is 1.55. The number of nitrogens with zero attached hydrogens (tertiary/aromatic N) is 2. The van der Waals surface area contributed by atoms with E-state index in [1.54, 1.807) is 6.07 Å². The summed E-state index contributed by atoms with van der Waals surface area (Å²) in [4.78, 5) is 41.0. The van der Waals surface area contributed by atoms with Crippen molar-refractivity contribution >= 4 is 33.4 Å². The number of rotatable bonds is 7. The Hall–Kier alpha value is -2.22. The van der Waals surface area contributed by atoms with Gasteiger partial charge in [0.15, 0.2) is 0 Å². The lowest BCUT2D eigenvalue weighted by Gasteiger charge is -2.18. The Morgan fingerprint density at radius 1 is 1.42 bits per heavy atom. The third-order valence-electron chi connectivity index (χ3n) is 3.56. The number of hydrogen-bond acceptors (Lipinski definition) is 6. The van der Waals surface area contributed by atoms with E-state index in [1.807, 2.05) is 19.2 Å². The lowest BCUT2D eigenvalue weighted by atomic mass is 10.0. The molecule has 0 fully saturated rings. The Kier molecular flexibility index (Phi) is 6.08. The van der Waals surface area contributed by atoms with E-state index in [1.165, 1.54) is 29.3 Å². The number of carbonyl (C=O) groups excluding carboxylic acids is 2. The number of carbonyl (C=O) groups is 2. The van der Waals surface area contributed by atoms with Crippen molar-refractivity contribution in [2.75, 3.05) is 7.11 Å². The molecule has 2 aromatic heterocycles. The van der Waals surface area contributed by atoms with Crippen LogP contribution in [0.3, 0.4) is 0 Å². The van der Waals surface area contributed by atoms with Gasteiger partial charge in [-0.25, -0.2) is 9.78 Å². The largest absolute Gasteiger partial charge is 0.467 e. The summed E-state index contributed by atoms with van der Waals surface area (Å²) in [6.45, 7) is 4.13. The number of ether oxygens (including phenoxy) is 1. The number of amides is 1. The van der Waals surface area contributed by atoms with E-state index in [4.69, 9.17) is 4.74 Å². The molecule has 0 bridgehead atoms. The standard InChI is InChI=1S/C16H21N3O4S/c1-10(2)8-12(16(22)23-3)18-13(20)4-6-19-9-17-14-11(15(19)21)5-7-24-14/h5,7,9-10,12H,4,6,8H2,1-3H3,(H,18,20)/t12-/m0/s1. The summed E-state index contributed by atoms with van der Waals surface area (Å²) in [6.07, 6.45) is 2.03. The highest BCUT2D eigenvalue weighted by atomic mass is 32.1. The molecular formula is C16H21N3O4S. The van der Waals surface area contributed by atoms with Gasteiger partial charge in [0.05, 0.1) is 18.8 Å². The van der Waals surface area contributed by atoms with Gasteiger partial charge in [-0.2, -0.15) is 0 Å². The molecule has 2 rings (SSSR count). The van der Waals surface area contributed by atoms with Crippen LogP contribution < -0.4 is 10.9 Å². The molecule has 2 heterocycles. The second kappa shape index (κ2) is 8.05. The fourth-order valence-electron chi connectivity index (χ4n) is 2.37. The molecule has 0 unspecified atom stereocenters. The molecular weight excluding hydrogens is 330 g/mol. The maximum absolute atomic E-state index is 12.2. The zero-order chi connectivity index (χ0) is 17.7. The summed E-state index contributed by atoms with van der Waals surface area (Å²) in [5, 5.41) is 5.03. The number of nitrogens with one attached hydrogen (secondary N) is 1. The van der Waals surface area contributed by atoms with Gasteiger partial charge in [0.1, 0.15) is 10.9 Å². The van der Waals surface area contributed by atoms with E-state index in [9.17, 15) is 14.4 Å². The van der Waals surface area contributed by atoms with Crippen molar-refractivity contribution in [2.24, 2.45) is 5.92 Å². The second-order valence-corrected chi connectivity index (χ2v) is 6.80. The molecule has 0 saturated carbocycles. The van der Waals surface area contributed by atoms with E-state index in [0.29, 0.717) is 16.6 Å². The summed E-state index contributed by atoms with van der Waals surface area (Å²) >= 11 is 1.40. The molecule has 24 heavy (non-hydrogen) atoms. The van der Waals surface area contributed by atoms with E-state index in [-0.39, 0.29) is 30.3 Å². The van der Waals surface area contributed by atoms with Gasteiger partial charge >= 0.3 is 5.97 Å². The van der Waals surface area contributed by atoms with Crippen LogP contribution in [-0.2, 0) is 20.9 Å². The summed E-state index contributed by atoms with van der Waals surface area (Å²) in [6, 6.07) is 1.05. The van der Waals surface area contributed by atoms with Gasteiger partial charge in [-0.05, 0) is 23.8 Å². The molecule has 0 aliphatic rings. The van der Waals surface area contributed by atoms with Gasteiger partial charge in [-0.15, -0.1) is 11.3 Å². The molecule has 1 atom stereocenters. The van der Waals surface area contributed by atoms with E-state index in [0.717, 1.165) is 0 Å². The fraction of sp³-hybridized carbons (Fsp3) is 0.500. The van der Waals surface area contributed by atoms with Crippen LogP contribution in [-0.4, -0.2) is 34.6 Å². The minimum atomic E-state index is -0.670. The van der Waals surface area contributed by atoms with Crippen LogP contribution in [0.4, 0.5) is 0 Å². The predicted molar refractivity (Wildman–Crippen MR) is 91.9 cm³/mol. The van der Waals surface area contributed by atoms with Crippen LogP contribution in [0.1, 0.15) is 26.7 Å². The maximum Gasteiger partial charge on any atom is 0.328 e. The number of thiophene rings is 1. The van der Waals surface area contributed by atoms with Gasteiger partial charge in [-0.3, -0.25) is 14.2 Å². The molecule has 0 radical (unpaired) electrons. The topological polar surface area (TPSA) is 90.3 Å². The van der Waals surface area contributed by atoms with E-state index >= 15 is 0 Å². The summed E-state index contributed by atoms with van der Waals surface area (Å²) in [7, 11) is 1.29. The van der Waals surface area contributed by atoms with Crippen LogP contribution in [0.5, 0.6) is 0 Å². The highest BCUT2D eigenvalue weighted by Crippen LogP contribution is 2.13. The monoisotopic (exact) mass is 351 g/mol. The van der Waals surface area contributed by atoms with Crippen molar-refractivity contribution in [1.82, 2.24) is 14.9 Å². The normalized spacial score (nSPS) is 12.3. The first kappa shape index (κ1) is 18.1. The smallest absolute Gasteiger partial charge is 0.328 e. The van der Waals surface area contributed by atoms with Gasteiger partial charge < -0.3 is 10.1 Å². The van der Waals surface area contributed by atoms with Crippen LogP contribution in [0.2, 0.25) is 0 Å². The number of fused-ring (bicyclic) bond motifs is 1. The lowest BCUT2D eigenvalue weighted by Crippen LogP contribution is -2.42. The van der Waals surface area contributed by atoms with Crippen molar-refractivity contribution in [3.05, 3.63) is 28.1 Å². The Labute approximate surface area is 143 Å². The molecule has 0 saturated heterocycles. The zero-order valence-electron chi connectivity index (χ0n) is 13.9. The molecule has 1 N–H and O–H groups in total. The Morgan fingerprint density at radius 2 is 2.17 bits per heavy atom. The van der Waals surface area contributed by atoms with Crippen molar-refractivity contribution in [2.45, 2.75) is 39.3 Å². The van der Waals surface area contributed by atoms with Gasteiger partial charge in [0.2, 0.25) is 5.91 Å². The summed E-state index contributed by atoms with van der Waals surface area (Å²) in [5.41, 5.74) is -0.166. The lowest BCUT2D eigenvalue weighted by molar-refractivity contribution is -0.145. The van der Waals surface area contributed by atoms with Crippen molar-refractivity contribution in [1.29, 1.82) is 0 Å². The number of aryl methyl sites for hydroxylation is 1. The molecule has 1 amide bonds. The summed E-state index contributed by atoms with van der Waals surface area (Å²) in [5.74, 6) is -0.527. The molecule has 8 heteroatoms. The SMILES string of the molecule is COC(=O)[C@H](CC(C)C)NC(=O)CCn1cnc2sccc2c1=O. The average molecular weight is 351 g/mol. The molecule has 0 aliphatic carbocycles. The number of methoxy groups -OCH3 is 1. The highest BCUT2D eigenvalue weighted by Gasteiger charge is 2.22. The van der Waals surface area contributed by atoms with Crippen LogP contribution >= 0.6 is 11.3 Å². The quantitative estimate of drug-likeness (QED) is 0.765. The first-order chi connectivity index (χ1) is 11.4. The first-order valence-electron chi connectivity index (χ1n) is 7.72. The number of esters is 1. The minimum absolute atomic E-state index is 0.0861. The highest BCUT2D eigenvalue weighted by molar-refractivity contribution is 7.16. The van der Waals surface area contributed by atoms with Crippen molar-refractivity contribution < 1.29 is 14.3 Å². The second-order valence-electron chi connectivity index (χ2n) is 5.91. The fourth-order valence-corrected chi connectivity index (χ4v) is 3.09. The Morgan fingerprint density at radius 3 is 2.83 bits per heavy atom. The number of hydrogen-bond donors (Lipinski definition) is 1. The van der Waals surface area contributed by atoms with Crippen molar-refractivity contribution in [3.63, 3.8) is 0 Å². The third-order valence-corrected chi connectivity index (χ3v) is 4.38. The van der Waals surface area contributed by atoms with Gasteiger partial charge in [0.25, 0.3) is 5.56 Å². The number of aromatic nitrogens is 2. The summed E-state index contributed by atoms with van der Waals surface area (Å²) < 4.78 is 6.12. The third kappa shape index (κ3) is 4.41. The van der Waals surface area contributed by atoms with E-state index < -0.39 is 12.0 Å². The average Bonchev–Trinajstić information content (AvgIpc) is 3.02. The molecule has 0 aliphatic heterocycles. The zero-order valence-corrected chi connectivity index (χ0v) is 14.8. The molecule has 130 valence electrons. The Balaban J connectivity index is 1.99. The molecule has 2 aromatic rings.